The summed E-state index contributed by atoms with van der Waals surface area (Å²) in [7, 11) is 0. The van der Waals surface area contributed by atoms with Gasteiger partial charge in [0.15, 0.2) is 11.9 Å². The molecule has 0 aliphatic rings. The summed E-state index contributed by atoms with van der Waals surface area (Å²) in [6, 6.07) is 24.2. The number of ether oxygens (including phenoxy) is 1. The Labute approximate surface area is 157 Å². The first-order chi connectivity index (χ1) is 13.1. The summed E-state index contributed by atoms with van der Waals surface area (Å²) in [5.74, 6) is -1.08. The van der Waals surface area contributed by atoms with Gasteiger partial charge in [-0.2, -0.15) is 0 Å². The van der Waals surface area contributed by atoms with E-state index in [2.05, 4.69) is 0 Å². The van der Waals surface area contributed by atoms with Crippen molar-refractivity contribution in [2.75, 3.05) is 0 Å². The molecule has 136 valence electrons. The number of benzene rings is 3. The van der Waals surface area contributed by atoms with Gasteiger partial charge in [0.05, 0.1) is 6.42 Å². The van der Waals surface area contributed by atoms with Gasteiger partial charge in [0.1, 0.15) is 5.82 Å². The molecule has 3 aromatic carbocycles. The molecule has 4 heteroatoms. The molecule has 0 N–H and O–H groups in total. The predicted octanol–water partition coefficient (Wildman–Crippen LogP) is 5.12. The van der Waals surface area contributed by atoms with E-state index in [1.54, 1.807) is 0 Å². The van der Waals surface area contributed by atoms with Crippen molar-refractivity contribution in [1.82, 2.24) is 0 Å². The molecule has 0 radical (unpaired) electrons. The summed E-state index contributed by atoms with van der Waals surface area (Å²) < 4.78 is 18.6. The molecule has 0 heterocycles. The Morgan fingerprint density at radius 2 is 1.26 bits per heavy atom. The molecule has 0 atom stereocenters. The number of rotatable bonds is 7. The second-order valence-corrected chi connectivity index (χ2v) is 6.12. The first kappa shape index (κ1) is 18.5. The molecule has 0 spiro atoms. The van der Waals surface area contributed by atoms with E-state index in [0.29, 0.717) is 5.56 Å². The van der Waals surface area contributed by atoms with Gasteiger partial charge in [0, 0.05) is 12.0 Å². The van der Waals surface area contributed by atoms with Crippen LogP contribution in [0.25, 0.3) is 0 Å². The van der Waals surface area contributed by atoms with Crippen LogP contribution in [0.4, 0.5) is 4.39 Å². The highest BCUT2D eigenvalue weighted by Gasteiger charge is 2.19. The van der Waals surface area contributed by atoms with Crippen molar-refractivity contribution in [3.63, 3.8) is 0 Å². The number of halogens is 1. The zero-order valence-electron chi connectivity index (χ0n) is 14.7. The number of Topliss-reactive ketones (excluding diaryl/α,β-unsaturated/α-hetero) is 1. The monoisotopic (exact) mass is 362 g/mol. The van der Waals surface area contributed by atoms with Crippen molar-refractivity contribution in [2.24, 2.45) is 0 Å². The molecule has 3 nitrogen and oxygen atoms in total. The fraction of sp³-hybridized carbons (Fsp3) is 0.130. The van der Waals surface area contributed by atoms with Crippen molar-refractivity contribution in [3.8, 4) is 0 Å². The third-order valence-electron chi connectivity index (χ3n) is 4.18. The van der Waals surface area contributed by atoms with Crippen LogP contribution in [0.2, 0.25) is 0 Å². The lowest BCUT2D eigenvalue weighted by atomic mass is 10.0. The largest absolute Gasteiger partial charge is 0.453 e. The summed E-state index contributed by atoms with van der Waals surface area (Å²) in [6.45, 7) is 0. The van der Waals surface area contributed by atoms with Gasteiger partial charge in [-0.15, -0.1) is 0 Å². The van der Waals surface area contributed by atoms with E-state index < -0.39 is 17.9 Å². The molecule has 0 saturated carbocycles. The van der Waals surface area contributed by atoms with E-state index in [4.69, 9.17) is 4.74 Å². The molecule has 3 rings (SSSR count). The van der Waals surface area contributed by atoms with Gasteiger partial charge in [-0.3, -0.25) is 9.59 Å². The Morgan fingerprint density at radius 1 is 0.741 bits per heavy atom. The summed E-state index contributed by atoms with van der Waals surface area (Å²) in [6.07, 6.45) is -0.548. The maximum Gasteiger partial charge on any atom is 0.307 e. The highest BCUT2D eigenvalue weighted by Crippen LogP contribution is 2.26. The molecular weight excluding hydrogens is 343 g/mol. The third-order valence-corrected chi connectivity index (χ3v) is 4.18. The number of carbonyl (C=O) groups excluding carboxylic acids is 2. The van der Waals surface area contributed by atoms with Crippen LogP contribution in [-0.4, -0.2) is 11.8 Å². The molecule has 0 unspecified atom stereocenters. The molecule has 0 saturated heterocycles. The van der Waals surface area contributed by atoms with Crippen molar-refractivity contribution in [2.45, 2.75) is 18.9 Å². The van der Waals surface area contributed by atoms with Crippen molar-refractivity contribution in [3.05, 3.63) is 107 Å². The third kappa shape index (κ3) is 5.11. The molecule has 0 amide bonds. The Hall–Kier alpha value is -3.27. The normalized spacial score (nSPS) is 10.6. The van der Waals surface area contributed by atoms with Gasteiger partial charge in [0.25, 0.3) is 0 Å². The van der Waals surface area contributed by atoms with E-state index in [1.807, 2.05) is 60.7 Å². The lowest BCUT2D eigenvalue weighted by Gasteiger charge is -2.19. The number of hydrogen-bond donors (Lipinski definition) is 0. The first-order valence-corrected chi connectivity index (χ1v) is 8.71. The van der Waals surface area contributed by atoms with Crippen LogP contribution in [0.5, 0.6) is 0 Å². The second kappa shape index (κ2) is 8.90. The maximum atomic E-state index is 12.9. The minimum Gasteiger partial charge on any atom is -0.453 e. The van der Waals surface area contributed by atoms with Crippen LogP contribution in [0.15, 0.2) is 84.9 Å². The van der Waals surface area contributed by atoms with Crippen LogP contribution >= 0.6 is 0 Å². The van der Waals surface area contributed by atoms with Crippen molar-refractivity contribution >= 4 is 11.8 Å². The van der Waals surface area contributed by atoms with E-state index >= 15 is 0 Å². The van der Waals surface area contributed by atoms with Crippen molar-refractivity contribution in [1.29, 1.82) is 0 Å². The van der Waals surface area contributed by atoms with Crippen LogP contribution < -0.4 is 0 Å². The topological polar surface area (TPSA) is 43.4 Å². The summed E-state index contributed by atoms with van der Waals surface area (Å²) in [4.78, 5) is 24.5. The Balaban J connectivity index is 1.66. The van der Waals surface area contributed by atoms with Gasteiger partial charge in [-0.25, -0.2) is 4.39 Å². The molecule has 3 aromatic rings. The summed E-state index contributed by atoms with van der Waals surface area (Å²) >= 11 is 0. The SMILES string of the molecule is O=C(CCC(=O)c1ccc(F)cc1)OC(c1ccccc1)c1ccccc1. The first-order valence-electron chi connectivity index (χ1n) is 8.71. The lowest BCUT2D eigenvalue weighted by molar-refractivity contribution is -0.147. The van der Waals surface area contributed by atoms with Gasteiger partial charge >= 0.3 is 5.97 Å². The van der Waals surface area contributed by atoms with E-state index in [-0.39, 0.29) is 18.6 Å². The Morgan fingerprint density at radius 3 is 1.78 bits per heavy atom. The van der Waals surface area contributed by atoms with E-state index in [0.717, 1.165) is 11.1 Å². The fourth-order valence-corrected chi connectivity index (χ4v) is 2.77. The smallest absolute Gasteiger partial charge is 0.307 e. The Kier molecular flexibility index (Phi) is 6.10. The highest BCUT2D eigenvalue weighted by molar-refractivity contribution is 5.97. The molecule has 0 aliphatic heterocycles. The second-order valence-electron chi connectivity index (χ2n) is 6.12. The maximum absolute atomic E-state index is 12.9. The zero-order chi connectivity index (χ0) is 19.1. The standard InChI is InChI=1S/C23H19FO3/c24-20-13-11-17(12-14-20)21(25)15-16-22(26)27-23(18-7-3-1-4-8-18)19-9-5-2-6-10-19/h1-14,23H,15-16H2. The fourth-order valence-electron chi connectivity index (χ4n) is 2.77. The number of carbonyl (C=O) groups is 2. The molecular formula is C23H19FO3. The van der Waals surface area contributed by atoms with E-state index in [1.165, 1.54) is 24.3 Å². The lowest BCUT2D eigenvalue weighted by Crippen LogP contribution is -2.14. The van der Waals surface area contributed by atoms with Crippen LogP contribution in [0.3, 0.4) is 0 Å². The van der Waals surface area contributed by atoms with Gasteiger partial charge in [0.2, 0.25) is 0 Å². The zero-order valence-corrected chi connectivity index (χ0v) is 14.7. The summed E-state index contributed by atoms with van der Waals surface area (Å²) in [5, 5.41) is 0. The molecule has 0 fully saturated rings. The van der Waals surface area contributed by atoms with Gasteiger partial charge in [-0.05, 0) is 35.4 Å². The minimum absolute atomic E-state index is 0.0146. The predicted molar refractivity (Wildman–Crippen MR) is 101 cm³/mol. The van der Waals surface area contributed by atoms with Gasteiger partial charge in [-0.1, -0.05) is 60.7 Å². The average Bonchev–Trinajstić information content (AvgIpc) is 2.72. The molecule has 0 aromatic heterocycles. The number of ketones is 1. The van der Waals surface area contributed by atoms with Gasteiger partial charge < -0.3 is 4.74 Å². The molecule has 0 bridgehead atoms. The quantitative estimate of drug-likeness (QED) is 0.433. The van der Waals surface area contributed by atoms with Crippen LogP contribution in [0.1, 0.15) is 40.4 Å². The van der Waals surface area contributed by atoms with E-state index in [9.17, 15) is 14.0 Å². The van der Waals surface area contributed by atoms with Crippen LogP contribution in [-0.2, 0) is 9.53 Å². The minimum atomic E-state index is -0.527. The van der Waals surface area contributed by atoms with Crippen LogP contribution in [0, 0.1) is 5.82 Å². The highest BCUT2D eigenvalue weighted by atomic mass is 19.1. The van der Waals surface area contributed by atoms with Crippen molar-refractivity contribution < 1.29 is 18.7 Å². The number of esters is 1. The number of hydrogen-bond acceptors (Lipinski definition) is 3. The average molecular weight is 362 g/mol. The Bertz CT molecular complexity index is 850. The summed E-state index contributed by atoms with van der Waals surface area (Å²) in [5.41, 5.74) is 2.11. The molecule has 27 heavy (non-hydrogen) atoms. The molecule has 0 aliphatic carbocycles.